The monoisotopic (exact) mass is 922 g/mol. The summed E-state index contributed by atoms with van der Waals surface area (Å²) in [6.45, 7) is 0.276. The predicted molar refractivity (Wildman–Crippen MR) is 242 cm³/mol. The van der Waals surface area contributed by atoms with Gasteiger partial charge in [0, 0.05) is 12.8 Å². The highest BCUT2D eigenvalue weighted by molar-refractivity contribution is 7.47. The van der Waals surface area contributed by atoms with Gasteiger partial charge in [0.15, 0.2) is 0 Å². The molecule has 0 amide bonds. The molecular formula is C45H80O15P2. The van der Waals surface area contributed by atoms with Crippen LogP contribution >= 0.6 is 15.6 Å². The van der Waals surface area contributed by atoms with E-state index in [0.717, 1.165) is 83.5 Å². The largest absolute Gasteiger partial charge is 0.472 e. The van der Waals surface area contributed by atoms with Crippen molar-refractivity contribution in [2.75, 3.05) is 39.6 Å². The van der Waals surface area contributed by atoms with Crippen molar-refractivity contribution in [2.45, 2.75) is 173 Å². The van der Waals surface area contributed by atoms with E-state index in [1.807, 2.05) is 0 Å². The fourth-order valence-electron chi connectivity index (χ4n) is 5.35. The summed E-state index contributed by atoms with van der Waals surface area (Å²) in [5, 5.41) is 29.9. The van der Waals surface area contributed by atoms with Crippen LogP contribution in [0.15, 0.2) is 60.8 Å². The van der Waals surface area contributed by atoms with Crippen LogP contribution in [0.5, 0.6) is 0 Å². The maximum Gasteiger partial charge on any atom is 0.472 e. The summed E-state index contributed by atoms with van der Waals surface area (Å²) in [6.07, 6.45) is 37.9. The summed E-state index contributed by atoms with van der Waals surface area (Å²) < 4.78 is 52.8. The Hall–Kier alpha value is -2.26. The minimum Gasteiger partial charge on any atom is -0.463 e. The molecule has 5 N–H and O–H groups in total. The van der Waals surface area contributed by atoms with E-state index in [0.29, 0.717) is 12.8 Å². The Bertz CT molecular complexity index is 1350. The predicted octanol–water partition coefficient (Wildman–Crippen LogP) is 9.83. The molecule has 0 saturated heterocycles. The number of rotatable bonds is 43. The summed E-state index contributed by atoms with van der Waals surface area (Å²) in [4.78, 5) is 43.6. The average Bonchev–Trinajstić information content (AvgIpc) is 3.24. The van der Waals surface area contributed by atoms with E-state index in [1.165, 1.54) is 32.1 Å². The number of carbonyl (C=O) groups is 2. The fraction of sp³-hybridized carbons (Fsp3) is 0.733. The minimum absolute atomic E-state index is 0.157. The van der Waals surface area contributed by atoms with Crippen molar-refractivity contribution >= 4 is 27.6 Å². The van der Waals surface area contributed by atoms with Crippen molar-refractivity contribution in [3.05, 3.63) is 60.8 Å². The lowest BCUT2D eigenvalue weighted by atomic mass is 10.1. The van der Waals surface area contributed by atoms with Crippen molar-refractivity contribution in [1.82, 2.24) is 0 Å². The lowest BCUT2D eigenvalue weighted by molar-refractivity contribution is -0.148. The standard InChI is InChI=1S/C45H80O15P2/c1-3-5-7-9-11-13-15-16-17-18-19-20-21-22-24-26-28-30-32-34-45(50)56-36-42(47)38-58-62(53,54)60-40-43(48)39-59-61(51,52)57-37-41(46)35-55-44(49)33-31-29-27-25-23-14-12-10-8-6-4-2/h10-13,16-17,19-20,22,24,41-43,46-48H,3-9,14-15,18,21,23,25-40H2,1-2H3,(H,51,52)(H,53,54)/b12-10-,13-11-,17-16-,20-19-,24-22-. The highest BCUT2D eigenvalue weighted by atomic mass is 31.2. The second-order valence-electron chi connectivity index (χ2n) is 15.1. The number of unbranched alkanes of at least 4 members (excludes halogenated alkanes) is 13. The van der Waals surface area contributed by atoms with Crippen LogP contribution < -0.4 is 0 Å². The van der Waals surface area contributed by atoms with Crippen LogP contribution in [-0.4, -0.2) is 95.0 Å². The first-order valence-corrected chi connectivity index (χ1v) is 25.6. The van der Waals surface area contributed by atoms with Gasteiger partial charge in [0.05, 0.1) is 26.4 Å². The Labute approximate surface area is 371 Å². The number of esters is 2. The van der Waals surface area contributed by atoms with Gasteiger partial charge in [-0.05, 0) is 77.0 Å². The molecule has 0 aliphatic carbocycles. The van der Waals surface area contributed by atoms with Gasteiger partial charge in [0.2, 0.25) is 0 Å². The van der Waals surface area contributed by atoms with Crippen LogP contribution in [0, 0.1) is 0 Å². The summed E-state index contributed by atoms with van der Waals surface area (Å²) in [5.74, 6) is -1.04. The third-order valence-corrected chi connectivity index (χ3v) is 10.8. The normalized spacial score (nSPS) is 15.8. The first-order valence-electron chi connectivity index (χ1n) is 22.6. The molecule has 0 aliphatic heterocycles. The highest BCUT2D eigenvalue weighted by Crippen LogP contribution is 2.45. The number of hydrogen-bond acceptors (Lipinski definition) is 13. The van der Waals surface area contributed by atoms with Gasteiger partial charge in [-0.25, -0.2) is 9.13 Å². The topological polar surface area (TPSA) is 225 Å². The molecule has 0 fully saturated rings. The van der Waals surface area contributed by atoms with Crippen molar-refractivity contribution in [3.8, 4) is 0 Å². The first-order chi connectivity index (χ1) is 29.8. The molecule has 17 heteroatoms. The van der Waals surface area contributed by atoms with Crippen molar-refractivity contribution in [2.24, 2.45) is 0 Å². The smallest absolute Gasteiger partial charge is 0.463 e. The van der Waals surface area contributed by atoms with Gasteiger partial charge in [-0.2, -0.15) is 0 Å². The molecule has 0 heterocycles. The molecule has 0 saturated carbocycles. The number of carbonyl (C=O) groups excluding carboxylic acids is 2. The van der Waals surface area contributed by atoms with Crippen molar-refractivity contribution < 1.29 is 71.4 Å². The Morgan fingerprint density at radius 3 is 1.11 bits per heavy atom. The Balaban J connectivity index is 3.96. The van der Waals surface area contributed by atoms with Crippen LogP contribution in [0.3, 0.4) is 0 Å². The van der Waals surface area contributed by atoms with E-state index in [4.69, 9.17) is 9.47 Å². The number of phosphoric acid groups is 2. The van der Waals surface area contributed by atoms with Crippen LogP contribution in [0.4, 0.5) is 0 Å². The van der Waals surface area contributed by atoms with Gasteiger partial charge in [-0.3, -0.25) is 27.7 Å². The van der Waals surface area contributed by atoms with E-state index in [-0.39, 0.29) is 12.8 Å². The number of aliphatic hydroxyl groups excluding tert-OH is 3. The third-order valence-electron chi connectivity index (χ3n) is 8.95. The summed E-state index contributed by atoms with van der Waals surface area (Å²) >= 11 is 0. The molecule has 0 bridgehead atoms. The maximum atomic E-state index is 12.1. The molecule has 15 nitrogen and oxygen atoms in total. The summed E-state index contributed by atoms with van der Waals surface area (Å²) in [5.41, 5.74) is 0. The van der Waals surface area contributed by atoms with Gasteiger partial charge in [0.1, 0.15) is 31.5 Å². The van der Waals surface area contributed by atoms with Gasteiger partial charge >= 0.3 is 27.6 Å². The van der Waals surface area contributed by atoms with E-state index < -0.39 is 85.5 Å². The maximum absolute atomic E-state index is 12.1. The van der Waals surface area contributed by atoms with Crippen LogP contribution in [0.1, 0.15) is 155 Å². The molecule has 0 aromatic rings. The van der Waals surface area contributed by atoms with Gasteiger partial charge < -0.3 is 34.6 Å². The zero-order valence-corrected chi connectivity index (χ0v) is 39.3. The molecule has 0 radical (unpaired) electrons. The van der Waals surface area contributed by atoms with E-state index >= 15 is 0 Å². The quantitative estimate of drug-likeness (QED) is 0.0166. The number of allylic oxidation sites excluding steroid dienone is 10. The molecule has 5 unspecified atom stereocenters. The number of phosphoric ester groups is 2. The Morgan fingerprint density at radius 1 is 0.419 bits per heavy atom. The summed E-state index contributed by atoms with van der Waals surface area (Å²) in [7, 11) is -9.58. The van der Waals surface area contributed by atoms with Crippen molar-refractivity contribution in [3.63, 3.8) is 0 Å². The van der Waals surface area contributed by atoms with Crippen molar-refractivity contribution in [1.29, 1.82) is 0 Å². The van der Waals surface area contributed by atoms with E-state index in [2.05, 4.69) is 92.7 Å². The van der Waals surface area contributed by atoms with Crippen LogP contribution in [0.2, 0.25) is 0 Å². The molecule has 62 heavy (non-hydrogen) atoms. The lowest BCUT2D eigenvalue weighted by Gasteiger charge is -2.19. The molecule has 0 spiro atoms. The number of ether oxygens (including phenoxy) is 2. The third kappa shape index (κ3) is 43.0. The Morgan fingerprint density at radius 2 is 0.710 bits per heavy atom. The first kappa shape index (κ1) is 59.7. The SMILES string of the molecule is CCCC/C=C\CCCCCCCC(=O)OCC(O)COP(=O)(O)OCC(O)COP(=O)(O)OCC(O)COC(=O)CCCCC/C=C\C/C=C\C/C=C\C/C=C\CCCCC. The number of aliphatic hydroxyl groups is 3. The molecular weight excluding hydrogens is 842 g/mol. The fourth-order valence-corrected chi connectivity index (χ4v) is 6.94. The molecule has 5 atom stereocenters. The van der Waals surface area contributed by atoms with Gasteiger partial charge in [-0.15, -0.1) is 0 Å². The van der Waals surface area contributed by atoms with E-state index in [9.17, 15) is 43.8 Å². The molecule has 0 rings (SSSR count). The summed E-state index contributed by atoms with van der Waals surface area (Å²) in [6, 6.07) is 0. The van der Waals surface area contributed by atoms with Gasteiger partial charge in [-0.1, -0.05) is 126 Å². The molecule has 360 valence electrons. The molecule has 0 aliphatic rings. The zero-order chi connectivity index (χ0) is 46.0. The highest BCUT2D eigenvalue weighted by Gasteiger charge is 2.28. The van der Waals surface area contributed by atoms with Crippen LogP contribution in [-0.2, 0) is 46.3 Å². The molecule has 0 aromatic carbocycles. The van der Waals surface area contributed by atoms with Gasteiger partial charge in [0.25, 0.3) is 0 Å². The van der Waals surface area contributed by atoms with E-state index in [1.54, 1.807) is 0 Å². The number of hydrogen-bond donors (Lipinski definition) is 5. The lowest BCUT2D eigenvalue weighted by Crippen LogP contribution is -2.25. The zero-order valence-electron chi connectivity index (χ0n) is 37.5. The Kier molecular flexibility index (Phi) is 39.9. The second-order valence-corrected chi connectivity index (χ2v) is 18.0. The molecule has 0 aromatic heterocycles. The second kappa shape index (κ2) is 41.4. The average molecular weight is 923 g/mol. The minimum atomic E-state index is -4.79. The van der Waals surface area contributed by atoms with Crippen LogP contribution in [0.25, 0.3) is 0 Å².